The summed E-state index contributed by atoms with van der Waals surface area (Å²) in [5, 5.41) is 12.1. The van der Waals surface area contributed by atoms with Crippen LogP contribution in [0.5, 0.6) is 0 Å². The number of carboxylic acids is 1. The summed E-state index contributed by atoms with van der Waals surface area (Å²) in [5.41, 5.74) is 1.69. The minimum Gasteiger partial charge on any atom is -0.480 e. The fourth-order valence-corrected chi connectivity index (χ4v) is 2.50. The standard InChI is InChI=1S/C18H19ClN2O3/c1-2-3-6-16(18(23)24)21-17(22)13-11-12(8-9-14(13)19)15-7-4-5-10-20-15/h4-5,7-11,16H,2-3,6H2,1H3,(H,21,22)(H,23,24). The van der Waals surface area contributed by atoms with Gasteiger partial charge in [-0.3, -0.25) is 9.78 Å². The molecule has 2 aromatic rings. The number of halogens is 1. The number of nitrogens with one attached hydrogen (secondary N) is 1. The van der Waals surface area contributed by atoms with E-state index in [2.05, 4.69) is 10.3 Å². The number of aliphatic carboxylic acids is 1. The molecule has 6 heteroatoms. The number of unbranched alkanes of at least 4 members (excludes halogenated alkanes) is 1. The van der Waals surface area contributed by atoms with Gasteiger partial charge in [0.25, 0.3) is 5.91 Å². The Hall–Kier alpha value is -2.40. The van der Waals surface area contributed by atoms with Crippen molar-refractivity contribution in [2.24, 2.45) is 0 Å². The molecule has 2 N–H and O–H groups in total. The summed E-state index contributed by atoms with van der Waals surface area (Å²) in [7, 11) is 0. The lowest BCUT2D eigenvalue weighted by Crippen LogP contribution is -2.40. The highest BCUT2D eigenvalue weighted by Gasteiger charge is 2.21. The molecule has 2 rings (SSSR count). The molecule has 0 aliphatic carbocycles. The molecule has 0 saturated heterocycles. The van der Waals surface area contributed by atoms with E-state index in [-0.39, 0.29) is 10.6 Å². The van der Waals surface area contributed by atoms with Crippen molar-refractivity contribution in [3.8, 4) is 11.3 Å². The molecular formula is C18H19ClN2O3. The van der Waals surface area contributed by atoms with Gasteiger partial charge in [-0.15, -0.1) is 0 Å². The van der Waals surface area contributed by atoms with Gasteiger partial charge in [-0.25, -0.2) is 4.79 Å². The molecule has 5 nitrogen and oxygen atoms in total. The molecule has 0 bridgehead atoms. The highest BCUT2D eigenvalue weighted by atomic mass is 35.5. The normalized spacial score (nSPS) is 11.8. The van der Waals surface area contributed by atoms with Crippen LogP contribution < -0.4 is 5.32 Å². The van der Waals surface area contributed by atoms with Crippen molar-refractivity contribution in [2.45, 2.75) is 32.2 Å². The van der Waals surface area contributed by atoms with E-state index >= 15 is 0 Å². The molecule has 0 radical (unpaired) electrons. The van der Waals surface area contributed by atoms with Crippen LogP contribution in [-0.4, -0.2) is 28.0 Å². The van der Waals surface area contributed by atoms with Gasteiger partial charge in [0, 0.05) is 11.8 Å². The van der Waals surface area contributed by atoms with Crippen LogP contribution in [0.3, 0.4) is 0 Å². The molecule has 1 unspecified atom stereocenters. The minimum absolute atomic E-state index is 0.238. The first-order valence-corrected chi connectivity index (χ1v) is 8.15. The van der Waals surface area contributed by atoms with Gasteiger partial charge in [-0.2, -0.15) is 0 Å². The summed E-state index contributed by atoms with van der Waals surface area (Å²) < 4.78 is 0. The Kier molecular flexibility index (Phi) is 6.32. The summed E-state index contributed by atoms with van der Waals surface area (Å²) in [6.07, 6.45) is 3.62. The highest BCUT2D eigenvalue weighted by Crippen LogP contribution is 2.24. The first-order chi connectivity index (χ1) is 11.5. The summed E-state index contributed by atoms with van der Waals surface area (Å²) in [4.78, 5) is 28.0. The average Bonchev–Trinajstić information content (AvgIpc) is 2.59. The zero-order valence-corrected chi connectivity index (χ0v) is 14.1. The predicted octanol–water partition coefficient (Wildman–Crippen LogP) is 3.78. The second kappa shape index (κ2) is 8.45. The lowest BCUT2D eigenvalue weighted by Gasteiger charge is -2.15. The van der Waals surface area contributed by atoms with Gasteiger partial charge in [0.1, 0.15) is 6.04 Å². The van der Waals surface area contributed by atoms with Crippen LogP contribution >= 0.6 is 11.6 Å². The van der Waals surface area contributed by atoms with Gasteiger partial charge >= 0.3 is 5.97 Å². The van der Waals surface area contributed by atoms with Gasteiger partial charge in [0.05, 0.1) is 16.3 Å². The van der Waals surface area contributed by atoms with Gasteiger partial charge in [0.2, 0.25) is 0 Å². The molecule has 0 aliphatic heterocycles. The number of carboxylic acid groups (broad SMARTS) is 1. The predicted molar refractivity (Wildman–Crippen MR) is 93.1 cm³/mol. The highest BCUT2D eigenvalue weighted by molar-refractivity contribution is 6.34. The SMILES string of the molecule is CCCCC(NC(=O)c1cc(-c2ccccn2)ccc1Cl)C(=O)O. The van der Waals surface area contributed by atoms with E-state index in [1.165, 1.54) is 0 Å². The number of pyridine rings is 1. The van der Waals surface area contributed by atoms with Gasteiger partial charge in [-0.05, 0) is 30.7 Å². The van der Waals surface area contributed by atoms with Crippen molar-refractivity contribution >= 4 is 23.5 Å². The first kappa shape index (κ1) is 17.9. The zero-order valence-electron chi connectivity index (χ0n) is 13.3. The zero-order chi connectivity index (χ0) is 17.5. The number of nitrogens with zero attached hydrogens (tertiary/aromatic N) is 1. The summed E-state index contributed by atoms with van der Waals surface area (Å²) >= 11 is 6.12. The lowest BCUT2D eigenvalue weighted by atomic mass is 10.1. The number of hydrogen-bond acceptors (Lipinski definition) is 3. The van der Waals surface area contributed by atoms with Crippen molar-refractivity contribution < 1.29 is 14.7 Å². The maximum absolute atomic E-state index is 12.4. The second-order valence-corrected chi connectivity index (χ2v) is 5.82. The second-order valence-electron chi connectivity index (χ2n) is 5.42. The Balaban J connectivity index is 2.23. The molecule has 1 atom stereocenters. The van der Waals surface area contributed by atoms with Crippen molar-refractivity contribution in [1.82, 2.24) is 10.3 Å². The van der Waals surface area contributed by atoms with E-state index in [1.54, 1.807) is 30.5 Å². The van der Waals surface area contributed by atoms with E-state index < -0.39 is 17.9 Å². The van der Waals surface area contributed by atoms with Crippen molar-refractivity contribution in [2.75, 3.05) is 0 Å². The van der Waals surface area contributed by atoms with Crippen molar-refractivity contribution in [3.05, 3.63) is 53.2 Å². The third kappa shape index (κ3) is 4.55. The average molecular weight is 347 g/mol. The summed E-state index contributed by atoms with van der Waals surface area (Å²) in [6.45, 7) is 1.97. The van der Waals surface area contributed by atoms with Crippen LogP contribution in [0, 0.1) is 0 Å². The van der Waals surface area contributed by atoms with Crippen LogP contribution in [0.4, 0.5) is 0 Å². The van der Waals surface area contributed by atoms with Crippen LogP contribution in [0.2, 0.25) is 5.02 Å². The van der Waals surface area contributed by atoms with E-state index in [0.717, 1.165) is 18.4 Å². The smallest absolute Gasteiger partial charge is 0.326 e. The molecule has 1 heterocycles. The molecule has 0 spiro atoms. The Labute approximate surface area is 145 Å². The largest absolute Gasteiger partial charge is 0.480 e. The maximum atomic E-state index is 12.4. The Bertz CT molecular complexity index is 719. The van der Waals surface area contributed by atoms with Crippen LogP contribution in [0.1, 0.15) is 36.5 Å². The molecular weight excluding hydrogens is 328 g/mol. The first-order valence-electron chi connectivity index (χ1n) is 7.77. The molecule has 126 valence electrons. The molecule has 1 amide bonds. The number of hydrogen-bond donors (Lipinski definition) is 2. The van der Waals surface area contributed by atoms with Crippen LogP contribution in [0.15, 0.2) is 42.6 Å². The molecule has 0 aliphatic rings. The van der Waals surface area contributed by atoms with Gasteiger partial charge in [-0.1, -0.05) is 43.5 Å². The summed E-state index contributed by atoms with van der Waals surface area (Å²) in [5.74, 6) is -1.55. The third-order valence-electron chi connectivity index (χ3n) is 3.62. The lowest BCUT2D eigenvalue weighted by molar-refractivity contribution is -0.139. The Morgan fingerprint density at radius 3 is 2.71 bits per heavy atom. The topological polar surface area (TPSA) is 79.3 Å². The molecule has 1 aromatic heterocycles. The van der Waals surface area contributed by atoms with Crippen LogP contribution in [0.25, 0.3) is 11.3 Å². The van der Waals surface area contributed by atoms with E-state index in [9.17, 15) is 14.7 Å². The van der Waals surface area contributed by atoms with E-state index in [0.29, 0.717) is 12.1 Å². The van der Waals surface area contributed by atoms with E-state index in [4.69, 9.17) is 11.6 Å². The third-order valence-corrected chi connectivity index (χ3v) is 3.95. The Morgan fingerprint density at radius 2 is 2.08 bits per heavy atom. The fraction of sp³-hybridized carbons (Fsp3) is 0.278. The number of aromatic nitrogens is 1. The number of carbonyl (C=O) groups excluding carboxylic acids is 1. The Morgan fingerprint density at radius 1 is 1.29 bits per heavy atom. The fourth-order valence-electron chi connectivity index (χ4n) is 2.29. The quantitative estimate of drug-likeness (QED) is 0.799. The molecule has 0 fully saturated rings. The maximum Gasteiger partial charge on any atom is 0.326 e. The number of carbonyl (C=O) groups is 2. The van der Waals surface area contributed by atoms with Gasteiger partial charge in [0.15, 0.2) is 0 Å². The summed E-state index contributed by atoms with van der Waals surface area (Å²) in [6, 6.07) is 9.56. The molecule has 1 aromatic carbocycles. The molecule has 0 saturated carbocycles. The minimum atomic E-state index is -1.05. The van der Waals surface area contributed by atoms with Crippen LogP contribution in [-0.2, 0) is 4.79 Å². The van der Waals surface area contributed by atoms with Crippen molar-refractivity contribution in [1.29, 1.82) is 0 Å². The molecule has 24 heavy (non-hydrogen) atoms. The van der Waals surface area contributed by atoms with E-state index in [1.807, 2.05) is 19.1 Å². The monoisotopic (exact) mass is 346 g/mol. The number of benzene rings is 1. The van der Waals surface area contributed by atoms with Gasteiger partial charge < -0.3 is 10.4 Å². The number of amides is 1. The van der Waals surface area contributed by atoms with Crippen molar-refractivity contribution in [3.63, 3.8) is 0 Å². The number of rotatable bonds is 7.